The molecule has 0 heterocycles. The van der Waals surface area contributed by atoms with E-state index in [-0.39, 0.29) is 0 Å². The highest BCUT2D eigenvalue weighted by Gasteiger charge is 2.19. The zero-order valence-corrected chi connectivity index (χ0v) is 12.9. The molecule has 0 N–H and O–H groups in total. The van der Waals surface area contributed by atoms with Crippen LogP contribution in [0.4, 0.5) is 0 Å². The van der Waals surface area contributed by atoms with Gasteiger partial charge in [-0.3, -0.25) is 0 Å². The second kappa shape index (κ2) is 8.77. The average molecular weight is 287 g/mol. The van der Waals surface area contributed by atoms with E-state index in [1.54, 1.807) is 0 Å². The van der Waals surface area contributed by atoms with Crippen molar-refractivity contribution in [1.82, 2.24) is 0 Å². The molecule has 1 aromatic carbocycles. The Morgan fingerprint density at radius 1 is 0.944 bits per heavy atom. The zero-order chi connectivity index (χ0) is 13.3. The first kappa shape index (κ1) is 15.8. The lowest BCUT2D eigenvalue weighted by Crippen LogP contribution is -2.02. The minimum Gasteiger partial charge on any atom is -0.302 e. The first-order valence-corrected chi connectivity index (χ1v) is 9.81. The van der Waals surface area contributed by atoms with Crippen LogP contribution in [0.5, 0.6) is 0 Å². The van der Waals surface area contributed by atoms with Gasteiger partial charge in [0.25, 0.3) is 0 Å². The summed E-state index contributed by atoms with van der Waals surface area (Å²) >= 11 is 6.18. The van der Waals surface area contributed by atoms with E-state index in [0.717, 1.165) is 18.1 Å². The third-order valence-electron chi connectivity index (χ3n) is 3.19. The summed E-state index contributed by atoms with van der Waals surface area (Å²) in [4.78, 5) is 0. The lowest BCUT2D eigenvalue weighted by molar-refractivity contribution is 0.579. The smallest absolute Gasteiger partial charge is 0.197 e. The summed E-state index contributed by atoms with van der Waals surface area (Å²) < 4.78 is 12.3. The van der Waals surface area contributed by atoms with Crippen molar-refractivity contribution in [3.63, 3.8) is 0 Å². The number of rotatable bonds is 9. The minimum atomic E-state index is -2.63. The Morgan fingerprint density at radius 2 is 1.50 bits per heavy atom. The van der Waals surface area contributed by atoms with Crippen LogP contribution in [0.1, 0.15) is 51.9 Å². The summed E-state index contributed by atoms with van der Waals surface area (Å²) in [6.45, 7) is -0.408. The van der Waals surface area contributed by atoms with Gasteiger partial charge >= 0.3 is 0 Å². The van der Waals surface area contributed by atoms with Crippen LogP contribution in [0.25, 0.3) is 0 Å². The van der Waals surface area contributed by atoms with Crippen LogP contribution < -0.4 is 5.30 Å². The van der Waals surface area contributed by atoms with Gasteiger partial charge in [-0.05, 0) is 17.7 Å². The number of benzene rings is 1. The van der Waals surface area contributed by atoms with Gasteiger partial charge in [-0.15, -0.1) is 0 Å². The molecule has 102 valence electrons. The van der Waals surface area contributed by atoms with E-state index in [0.29, 0.717) is 6.16 Å². The lowest BCUT2D eigenvalue weighted by Gasteiger charge is -2.10. The van der Waals surface area contributed by atoms with Crippen molar-refractivity contribution >= 4 is 23.0 Å². The molecule has 0 amide bonds. The highest BCUT2D eigenvalue weighted by molar-refractivity contribution is 7.95. The molecule has 1 aromatic rings. The van der Waals surface area contributed by atoms with Crippen LogP contribution in [0.15, 0.2) is 30.3 Å². The Balaban J connectivity index is 2.20. The van der Waals surface area contributed by atoms with Crippen molar-refractivity contribution in [1.29, 1.82) is 0 Å². The van der Waals surface area contributed by atoms with Crippen LogP contribution in [0, 0.1) is 0 Å². The molecule has 0 aliphatic rings. The van der Waals surface area contributed by atoms with Crippen molar-refractivity contribution in [2.75, 3.05) is 6.16 Å². The Labute approximate surface area is 116 Å². The maximum atomic E-state index is 12.3. The van der Waals surface area contributed by atoms with Gasteiger partial charge < -0.3 is 4.57 Å². The first-order chi connectivity index (χ1) is 8.67. The number of hydrogen-bond acceptors (Lipinski definition) is 1. The molecule has 0 bridgehead atoms. The van der Waals surface area contributed by atoms with Crippen LogP contribution >= 0.6 is 17.7 Å². The third-order valence-corrected chi connectivity index (χ3v) is 6.24. The van der Waals surface area contributed by atoms with Crippen molar-refractivity contribution in [3.8, 4) is 0 Å². The molecule has 18 heavy (non-hydrogen) atoms. The standard InChI is InChI=1S/C15H24ClOP/c1-2-3-4-5-6-7-11-14-18(16,17)15-12-9-8-10-13-15/h8-10,12-13H,2-7,11,14H2,1H3. The number of halogens is 1. The Kier molecular flexibility index (Phi) is 7.70. The summed E-state index contributed by atoms with van der Waals surface area (Å²) in [6.07, 6.45) is 9.23. The van der Waals surface area contributed by atoms with Gasteiger partial charge in [0.05, 0.1) is 0 Å². The molecule has 0 saturated carbocycles. The summed E-state index contributed by atoms with van der Waals surface area (Å²) in [6, 6.07) is 9.46. The molecule has 0 aliphatic carbocycles. The molecule has 0 spiro atoms. The van der Waals surface area contributed by atoms with Crippen LogP contribution in [-0.2, 0) is 4.57 Å². The molecular weight excluding hydrogens is 263 g/mol. The fraction of sp³-hybridized carbons (Fsp3) is 0.600. The lowest BCUT2D eigenvalue weighted by atomic mass is 10.1. The van der Waals surface area contributed by atoms with Gasteiger partial charge in [0.2, 0.25) is 0 Å². The van der Waals surface area contributed by atoms with Gasteiger partial charge in [-0.1, -0.05) is 75.8 Å². The number of unbranched alkanes of at least 4 members (excludes halogenated alkanes) is 6. The fourth-order valence-corrected chi connectivity index (χ4v) is 4.25. The van der Waals surface area contributed by atoms with E-state index in [1.165, 1.54) is 32.1 Å². The molecule has 0 radical (unpaired) electrons. The van der Waals surface area contributed by atoms with Gasteiger partial charge in [-0.2, -0.15) is 0 Å². The van der Waals surface area contributed by atoms with Crippen LogP contribution in [0.2, 0.25) is 0 Å². The molecule has 1 atom stereocenters. The Hall–Kier alpha value is -0.260. The second-order valence-electron chi connectivity index (χ2n) is 4.83. The highest BCUT2D eigenvalue weighted by Crippen LogP contribution is 2.50. The second-order valence-corrected chi connectivity index (χ2v) is 8.74. The summed E-state index contributed by atoms with van der Waals surface area (Å²) in [5.41, 5.74) is 0. The van der Waals surface area contributed by atoms with E-state index < -0.39 is 6.49 Å². The highest BCUT2D eigenvalue weighted by atomic mass is 35.7. The molecular formula is C15H24ClOP. The van der Waals surface area contributed by atoms with Crippen molar-refractivity contribution < 1.29 is 4.57 Å². The van der Waals surface area contributed by atoms with E-state index in [9.17, 15) is 4.57 Å². The van der Waals surface area contributed by atoms with Gasteiger partial charge in [0, 0.05) is 11.5 Å². The molecule has 0 aromatic heterocycles. The van der Waals surface area contributed by atoms with Gasteiger partial charge in [0.15, 0.2) is 6.49 Å². The number of hydrogen-bond donors (Lipinski definition) is 0. The minimum absolute atomic E-state index is 0.631. The Bertz CT molecular complexity index is 364. The summed E-state index contributed by atoms with van der Waals surface area (Å²) in [7, 11) is 0. The molecule has 0 saturated heterocycles. The SMILES string of the molecule is CCCCCCCCCP(=O)(Cl)c1ccccc1. The quantitative estimate of drug-likeness (QED) is 0.428. The maximum Gasteiger partial charge on any atom is 0.197 e. The fourth-order valence-electron chi connectivity index (χ4n) is 2.05. The van der Waals surface area contributed by atoms with Gasteiger partial charge in [-0.25, -0.2) is 0 Å². The van der Waals surface area contributed by atoms with Gasteiger partial charge in [0.1, 0.15) is 0 Å². The van der Waals surface area contributed by atoms with E-state index in [1.807, 2.05) is 30.3 Å². The van der Waals surface area contributed by atoms with E-state index in [4.69, 9.17) is 11.2 Å². The normalized spacial score (nSPS) is 14.3. The average Bonchev–Trinajstić information content (AvgIpc) is 2.39. The third kappa shape index (κ3) is 6.07. The maximum absolute atomic E-state index is 12.3. The van der Waals surface area contributed by atoms with E-state index >= 15 is 0 Å². The van der Waals surface area contributed by atoms with Crippen LogP contribution in [0.3, 0.4) is 0 Å². The predicted octanol–water partition coefficient (Wildman–Crippen LogP) is 5.58. The summed E-state index contributed by atoms with van der Waals surface area (Å²) in [5, 5.41) is 0.803. The topological polar surface area (TPSA) is 17.1 Å². The molecule has 1 nitrogen and oxygen atoms in total. The summed E-state index contributed by atoms with van der Waals surface area (Å²) in [5.74, 6) is 0. The molecule has 0 aliphatic heterocycles. The monoisotopic (exact) mass is 286 g/mol. The predicted molar refractivity (Wildman–Crippen MR) is 82.4 cm³/mol. The molecule has 3 heteroatoms. The van der Waals surface area contributed by atoms with Crippen LogP contribution in [-0.4, -0.2) is 6.16 Å². The zero-order valence-electron chi connectivity index (χ0n) is 11.3. The first-order valence-electron chi connectivity index (χ1n) is 7.01. The molecule has 1 rings (SSSR count). The van der Waals surface area contributed by atoms with Crippen molar-refractivity contribution in [2.45, 2.75) is 51.9 Å². The molecule has 1 unspecified atom stereocenters. The van der Waals surface area contributed by atoms with Crippen molar-refractivity contribution in [3.05, 3.63) is 30.3 Å². The van der Waals surface area contributed by atoms with Crippen molar-refractivity contribution in [2.24, 2.45) is 0 Å². The Morgan fingerprint density at radius 3 is 2.11 bits per heavy atom. The largest absolute Gasteiger partial charge is 0.302 e. The molecule has 0 fully saturated rings. The van der Waals surface area contributed by atoms with E-state index in [2.05, 4.69) is 6.92 Å².